The van der Waals surface area contributed by atoms with Gasteiger partial charge in [-0.05, 0) is 24.1 Å². The number of sulfonamides is 1. The zero-order chi connectivity index (χ0) is 15.6. The number of nitrogens with zero attached hydrogens (tertiary/aromatic N) is 1. The number of rotatable bonds is 5. The van der Waals surface area contributed by atoms with E-state index in [1.807, 2.05) is 0 Å². The van der Waals surface area contributed by atoms with Gasteiger partial charge in [0, 0.05) is 12.4 Å². The van der Waals surface area contributed by atoms with Crippen LogP contribution in [0.2, 0.25) is 0 Å². The fourth-order valence-corrected chi connectivity index (χ4v) is 3.78. The van der Waals surface area contributed by atoms with Crippen molar-refractivity contribution in [1.82, 2.24) is 4.31 Å². The van der Waals surface area contributed by atoms with Gasteiger partial charge < -0.3 is 0 Å². The second-order valence-corrected chi connectivity index (χ2v) is 6.39. The predicted octanol–water partition coefficient (Wildman–Crippen LogP) is 3.31. The highest BCUT2D eigenvalue weighted by molar-refractivity contribution is 7.89. The molecule has 0 heterocycles. The normalized spacial score (nSPS) is 12.9. The maximum atomic E-state index is 12.5. The van der Waals surface area contributed by atoms with Crippen LogP contribution in [0.5, 0.6) is 0 Å². The summed E-state index contributed by atoms with van der Waals surface area (Å²) in [7, 11) is -4.19. The summed E-state index contributed by atoms with van der Waals surface area (Å²) in [5.41, 5.74) is 0.957. The first-order valence-corrected chi connectivity index (χ1v) is 7.82. The second-order valence-electron chi connectivity index (χ2n) is 4.22. The Hall–Kier alpha value is -0.790. The molecule has 0 saturated carbocycles. The molecule has 0 saturated heterocycles. The van der Waals surface area contributed by atoms with E-state index in [1.165, 1.54) is 26.0 Å². The van der Waals surface area contributed by atoms with Crippen molar-refractivity contribution in [1.29, 1.82) is 0 Å². The van der Waals surface area contributed by atoms with E-state index in [1.54, 1.807) is 6.07 Å². The minimum absolute atomic E-state index is 0.0978. The average Bonchev–Trinajstić information content (AvgIpc) is 2.34. The molecule has 0 spiro atoms. The van der Waals surface area contributed by atoms with Crippen molar-refractivity contribution in [3.63, 3.8) is 0 Å². The Balaban J connectivity index is 3.28. The van der Waals surface area contributed by atoms with Crippen molar-refractivity contribution in [3.05, 3.63) is 29.3 Å². The van der Waals surface area contributed by atoms with Crippen LogP contribution in [0.25, 0.3) is 0 Å². The Morgan fingerprint density at radius 2 is 1.90 bits per heavy atom. The van der Waals surface area contributed by atoms with Gasteiger partial charge in [0.25, 0.3) is 0 Å². The van der Waals surface area contributed by atoms with E-state index < -0.39 is 22.7 Å². The molecule has 3 nitrogen and oxygen atoms in total. The van der Waals surface area contributed by atoms with E-state index in [0.29, 0.717) is 15.4 Å². The number of alkyl halides is 4. The van der Waals surface area contributed by atoms with Crippen LogP contribution in [-0.2, 0) is 15.9 Å². The summed E-state index contributed by atoms with van der Waals surface area (Å²) in [5, 5.41) is 0. The molecule has 114 valence electrons. The largest absolute Gasteiger partial charge is 0.402 e. The lowest BCUT2D eigenvalue weighted by molar-refractivity contribution is -0.135. The Morgan fingerprint density at radius 3 is 2.35 bits per heavy atom. The first-order valence-electron chi connectivity index (χ1n) is 5.84. The Bertz CT molecular complexity index is 573. The molecule has 20 heavy (non-hydrogen) atoms. The fraction of sp³-hybridized carbons (Fsp3) is 0.500. The maximum absolute atomic E-state index is 12.5. The van der Waals surface area contributed by atoms with Crippen LogP contribution in [0, 0.1) is 6.92 Å². The Kier molecular flexibility index (Phi) is 5.46. The highest BCUT2D eigenvalue weighted by Crippen LogP contribution is 2.26. The van der Waals surface area contributed by atoms with Gasteiger partial charge in [0.05, 0.1) is 4.90 Å². The molecule has 0 radical (unpaired) electrons. The van der Waals surface area contributed by atoms with Crippen molar-refractivity contribution < 1.29 is 21.6 Å². The Labute approximate surface area is 121 Å². The number of hydrogen-bond donors (Lipinski definition) is 0. The lowest BCUT2D eigenvalue weighted by Gasteiger charge is -2.23. The average molecular weight is 330 g/mol. The van der Waals surface area contributed by atoms with Crippen LogP contribution < -0.4 is 0 Å². The lowest BCUT2D eigenvalue weighted by Crippen LogP contribution is -2.39. The quantitative estimate of drug-likeness (QED) is 0.777. The molecular formula is C12H15ClF3NO2S. The highest BCUT2D eigenvalue weighted by atomic mass is 35.5. The third-order valence-corrected chi connectivity index (χ3v) is 5.22. The van der Waals surface area contributed by atoms with Crippen LogP contribution in [0.4, 0.5) is 13.2 Å². The van der Waals surface area contributed by atoms with E-state index >= 15 is 0 Å². The second kappa shape index (κ2) is 6.32. The van der Waals surface area contributed by atoms with E-state index in [2.05, 4.69) is 0 Å². The van der Waals surface area contributed by atoms with Crippen molar-refractivity contribution in [3.8, 4) is 0 Å². The van der Waals surface area contributed by atoms with E-state index in [9.17, 15) is 21.6 Å². The molecule has 8 heteroatoms. The van der Waals surface area contributed by atoms with Crippen LogP contribution in [0.3, 0.4) is 0 Å². The van der Waals surface area contributed by atoms with E-state index in [4.69, 9.17) is 11.6 Å². The van der Waals surface area contributed by atoms with Gasteiger partial charge in [-0.15, -0.1) is 11.6 Å². The zero-order valence-electron chi connectivity index (χ0n) is 11.0. The zero-order valence-corrected chi connectivity index (χ0v) is 12.6. The number of halogens is 4. The molecule has 0 aliphatic heterocycles. The molecule has 0 atom stereocenters. The van der Waals surface area contributed by atoms with Crippen LogP contribution in [0.1, 0.15) is 18.1 Å². The molecule has 0 fully saturated rings. The lowest BCUT2D eigenvalue weighted by atomic mass is 10.1. The molecule has 1 aromatic rings. The molecule has 0 unspecified atom stereocenters. The standard InChI is InChI=1S/C12H15ClF3NO2S/c1-3-17(8-12(14,15)16)20(18,19)11-6-4-5-10(7-13)9(11)2/h4-6H,3,7-8H2,1-2H3. The summed E-state index contributed by atoms with van der Waals surface area (Å²) in [6.45, 7) is 1.14. The predicted molar refractivity (Wildman–Crippen MR) is 71.2 cm³/mol. The molecule has 0 N–H and O–H groups in total. The summed E-state index contributed by atoms with van der Waals surface area (Å²) in [4.78, 5) is -0.137. The van der Waals surface area contributed by atoms with Gasteiger partial charge in [-0.2, -0.15) is 17.5 Å². The van der Waals surface area contributed by atoms with Gasteiger partial charge in [-0.3, -0.25) is 0 Å². The van der Waals surface area contributed by atoms with Crippen LogP contribution in [0.15, 0.2) is 23.1 Å². The first-order chi connectivity index (χ1) is 9.13. The third-order valence-electron chi connectivity index (χ3n) is 2.87. The summed E-state index contributed by atoms with van der Waals surface area (Å²) < 4.78 is 62.4. The van der Waals surface area contributed by atoms with E-state index in [-0.39, 0.29) is 17.3 Å². The van der Waals surface area contributed by atoms with E-state index in [0.717, 1.165) is 0 Å². The molecular weight excluding hydrogens is 315 g/mol. The van der Waals surface area contributed by atoms with Crippen molar-refractivity contribution in [2.45, 2.75) is 30.8 Å². The van der Waals surface area contributed by atoms with Gasteiger partial charge in [0.2, 0.25) is 10.0 Å². The van der Waals surface area contributed by atoms with Gasteiger partial charge in [-0.1, -0.05) is 19.1 Å². The van der Waals surface area contributed by atoms with Gasteiger partial charge >= 0.3 is 6.18 Å². The molecule has 1 aromatic carbocycles. The monoisotopic (exact) mass is 329 g/mol. The first kappa shape index (κ1) is 17.3. The molecule has 1 rings (SSSR count). The summed E-state index contributed by atoms with van der Waals surface area (Å²) in [6, 6.07) is 4.40. The minimum Gasteiger partial charge on any atom is -0.207 e. The highest BCUT2D eigenvalue weighted by Gasteiger charge is 2.36. The molecule has 0 aliphatic carbocycles. The molecule has 0 amide bonds. The van der Waals surface area contributed by atoms with Crippen molar-refractivity contribution in [2.24, 2.45) is 0 Å². The fourth-order valence-electron chi connectivity index (χ4n) is 1.79. The van der Waals surface area contributed by atoms with Gasteiger partial charge in [0.1, 0.15) is 6.54 Å². The molecule has 0 bridgehead atoms. The Morgan fingerprint density at radius 1 is 1.30 bits per heavy atom. The summed E-state index contributed by atoms with van der Waals surface area (Å²) in [6.07, 6.45) is -4.58. The minimum atomic E-state index is -4.58. The van der Waals surface area contributed by atoms with Gasteiger partial charge in [-0.25, -0.2) is 8.42 Å². The number of hydrogen-bond acceptors (Lipinski definition) is 2. The van der Waals surface area contributed by atoms with Crippen LogP contribution in [-0.4, -0.2) is 32.0 Å². The smallest absolute Gasteiger partial charge is 0.207 e. The molecule has 0 aliphatic rings. The van der Waals surface area contributed by atoms with Gasteiger partial charge in [0.15, 0.2) is 0 Å². The van der Waals surface area contributed by atoms with Crippen molar-refractivity contribution >= 4 is 21.6 Å². The van der Waals surface area contributed by atoms with Crippen LogP contribution >= 0.6 is 11.6 Å². The maximum Gasteiger partial charge on any atom is 0.402 e. The number of benzene rings is 1. The van der Waals surface area contributed by atoms with Crippen molar-refractivity contribution in [2.75, 3.05) is 13.1 Å². The molecule has 0 aromatic heterocycles. The third kappa shape index (κ3) is 3.86. The topological polar surface area (TPSA) is 37.4 Å². The summed E-state index contributed by atoms with van der Waals surface area (Å²) in [5.74, 6) is 0.0978. The SMILES string of the molecule is CCN(CC(F)(F)F)S(=O)(=O)c1cccc(CCl)c1C. The summed E-state index contributed by atoms with van der Waals surface area (Å²) >= 11 is 5.69.